The highest BCUT2D eigenvalue weighted by molar-refractivity contribution is 5.81. The molecule has 0 amide bonds. The first-order valence-corrected chi connectivity index (χ1v) is 6.05. The lowest BCUT2D eigenvalue weighted by molar-refractivity contribution is -0.139. The number of carbonyl (C=O) groups is 1. The molecule has 0 heterocycles. The molecular weight excluding hydrogens is 307 g/mol. The van der Waals surface area contributed by atoms with Gasteiger partial charge in [0.15, 0.2) is 17.9 Å². The van der Waals surface area contributed by atoms with Crippen LogP contribution in [0.4, 0.5) is 22.0 Å². The van der Waals surface area contributed by atoms with Crippen molar-refractivity contribution in [3.63, 3.8) is 0 Å². The first-order valence-electron chi connectivity index (χ1n) is 6.05. The average molecular weight is 316 g/mol. The van der Waals surface area contributed by atoms with Gasteiger partial charge in [0, 0.05) is 0 Å². The molecule has 2 aromatic rings. The second-order valence-corrected chi connectivity index (χ2v) is 4.35. The van der Waals surface area contributed by atoms with Gasteiger partial charge in [0.05, 0.1) is 5.56 Å². The number of ether oxygens (including phenoxy) is 1. The van der Waals surface area contributed by atoms with E-state index in [9.17, 15) is 26.7 Å². The van der Waals surface area contributed by atoms with Crippen LogP contribution >= 0.6 is 0 Å². The van der Waals surface area contributed by atoms with Crippen LogP contribution in [-0.2, 0) is 12.8 Å². The van der Waals surface area contributed by atoms with E-state index in [1.165, 1.54) is 0 Å². The number of carbonyl (C=O) groups excluding carboxylic acids is 1. The molecule has 2 rings (SSSR count). The van der Waals surface area contributed by atoms with Crippen LogP contribution in [-0.4, -0.2) is 6.29 Å². The molecule has 0 unspecified atom stereocenters. The lowest BCUT2D eigenvalue weighted by atomic mass is 10.1. The Morgan fingerprint density at radius 1 is 1.09 bits per heavy atom. The standard InChI is InChI=1S/C15H9F5O2/c16-12-6-11(15(18,19)20)14(10(7-21)13(12)17)22-8-9-4-2-1-3-5-9/h1-7H,8H2. The van der Waals surface area contributed by atoms with Crippen molar-refractivity contribution in [3.8, 4) is 5.75 Å². The van der Waals surface area contributed by atoms with E-state index < -0.39 is 34.7 Å². The van der Waals surface area contributed by atoms with Gasteiger partial charge in [0.25, 0.3) is 0 Å². The van der Waals surface area contributed by atoms with Gasteiger partial charge in [-0.25, -0.2) is 8.78 Å². The number of benzene rings is 2. The van der Waals surface area contributed by atoms with Crippen LogP contribution in [0.3, 0.4) is 0 Å². The third-order valence-electron chi connectivity index (χ3n) is 2.86. The molecule has 0 atom stereocenters. The van der Waals surface area contributed by atoms with Crippen molar-refractivity contribution in [2.24, 2.45) is 0 Å². The molecule has 0 aliphatic heterocycles. The predicted octanol–water partition coefficient (Wildman–Crippen LogP) is 4.38. The van der Waals surface area contributed by atoms with Crippen LogP contribution in [0, 0.1) is 11.6 Å². The molecule has 2 nitrogen and oxygen atoms in total. The van der Waals surface area contributed by atoms with Crippen molar-refractivity contribution in [2.75, 3.05) is 0 Å². The minimum Gasteiger partial charge on any atom is -0.487 e. The van der Waals surface area contributed by atoms with E-state index in [4.69, 9.17) is 4.74 Å². The van der Waals surface area contributed by atoms with Gasteiger partial charge in [0.2, 0.25) is 0 Å². The molecule has 7 heteroatoms. The quantitative estimate of drug-likeness (QED) is 0.618. The number of hydrogen-bond donors (Lipinski definition) is 0. The van der Waals surface area contributed by atoms with E-state index in [-0.39, 0.29) is 19.0 Å². The SMILES string of the molecule is O=Cc1c(F)c(F)cc(C(F)(F)F)c1OCc1ccccc1. The summed E-state index contributed by atoms with van der Waals surface area (Å²) in [5, 5.41) is 0. The summed E-state index contributed by atoms with van der Waals surface area (Å²) in [5.41, 5.74) is -2.12. The topological polar surface area (TPSA) is 26.3 Å². The highest BCUT2D eigenvalue weighted by Gasteiger charge is 2.38. The van der Waals surface area contributed by atoms with Crippen molar-refractivity contribution in [1.29, 1.82) is 0 Å². The normalized spacial score (nSPS) is 11.3. The molecular formula is C15H9F5O2. The summed E-state index contributed by atoms with van der Waals surface area (Å²) in [6.45, 7) is -0.324. The zero-order valence-corrected chi connectivity index (χ0v) is 11.0. The summed E-state index contributed by atoms with van der Waals surface area (Å²) in [5.74, 6) is -4.46. The number of hydrogen-bond acceptors (Lipinski definition) is 2. The maximum Gasteiger partial charge on any atom is 0.420 e. The molecule has 22 heavy (non-hydrogen) atoms. The minimum absolute atomic E-state index is 0.0251. The summed E-state index contributed by atoms with van der Waals surface area (Å²) >= 11 is 0. The van der Waals surface area contributed by atoms with Crippen LogP contribution < -0.4 is 4.74 Å². The van der Waals surface area contributed by atoms with E-state index >= 15 is 0 Å². The zero-order valence-electron chi connectivity index (χ0n) is 11.0. The lowest BCUT2D eigenvalue weighted by Crippen LogP contribution is -2.13. The Morgan fingerprint density at radius 3 is 2.27 bits per heavy atom. The summed E-state index contributed by atoms with van der Waals surface area (Å²) in [4.78, 5) is 10.8. The zero-order chi connectivity index (χ0) is 16.3. The van der Waals surface area contributed by atoms with Crippen LogP contribution in [0.2, 0.25) is 0 Å². The van der Waals surface area contributed by atoms with E-state index in [1.807, 2.05) is 0 Å². The molecule has 0 spiro atoms. The van der Waals surface area contributed by atoms with Crippen molar-refractivity contribution < 1.29 is 31.5 Å². The van der Waals surface area contributed by atoms with Gasteiger partial charge in [-0.15, -0.1) is 0 Å². The molecule has 0 saturated heterocycles. The van der Waals surface area contributed by atoms with Crippen LogP contribution in [0.5, 0.6) is 5.75 Å². The molecule has 0 saturated carbocycles. The highest BCUT2D eigenvalue weighted by atomic mass is 19.4. The van der Waals surface area contributed by atoms with Crippen LogP contribution in [0.25, 0.3) is 0 Å². The maximum atomic E-state index is 13.5. The van der Waals surface area contributed by atoms with E-state index in [2.05, 4.69) is 0 Å². The van der Waals surface area contributed by atoms with Crippen molar-refractivity contribution in [3.05, 3.63) is 64.7 Å². The molecule has 0 N–H and O–H groups in total. The van der Waals surface area contributed by atoms with Crippen molar-refractivity contribution in [1.82, 2.24) is 0 Å². The number of alkyl halides is 3. The Hall–Kier alpha value is -2.44. The molecule has 0 fully saturated rings. The fourth-order valence-corrected chi connectivity index (χ4v) is 1.83. The van der Waals surface area contributed by atoms with E-state index in [0.29, 0.717) is 5.56 Å². The second-order valence-electron chi connectivity index (χ2n) is 4.35. The fourth-order valence-electron chi connectivity index (χ4n) is 1.83. The Balaban J connectivity index is 2.47. The molecule has 0 aromatic heterocycles. The van der Waals surface area contributed by atoms with Crippen molar-refractivity contribution >= 4 is 6.29 Å². The molecule has 2 aromatic carbocycles. The predicted molar refractivity (Wildman–Crippen MR) is 67.5 cm³/mol. The Morgan fingerprint density at radius 2 is 1.73 bits per heavy atom. The second kappa shape index (κ2) is 6.13. The molecule has 0 aliphatic rings. The van der Waals surface area contributed by atoms with Crippen LogP contribution in [0.1, 0.15) is 21.5 Å². The Kier molecular flexibility index (Phi) is 4.44. The lowest BCUT2D eigenvalue weighted by Gasteiger charge is -2.16. The number of aldehydes is 1. The first-order chi connectivity index (χ1) is 10.3. The van der Waals surface area contributed by atoms with Crippen LogP contribution in [0.15, 0.2) is 36.4 Å². The molecule has 116 valence electrons. The third-order valence-corrected chi connectivity index (χ3v) is 2.86. The smallest absolute Gasteiger partial charge is 0.420 e. The first kappa shape index (κ1) is 15.9. The Labute approximate surface area is 122 Å². The van der Waals surface area contributed by atoms with Gasteiger partial charge in [-0.1, -0.05) is 30.3 Å². The third kappa shape index (κ3) is 3.24. The minimum atomic E-state index is -4.99. The fraction of sp³-hybridized carbons (Fsp3) is 0.133. The van der Waals surface area contributed by atoms with E-state index in [0.717, 1.165) is 0 Å². The van der Waals surface area contributed by atoms with Gasteiger partial charge in [-0.2, -0.15) is 13.2 Å². The molecule has 0 aliphatic carbocycles. The summed E-state index contributed by atoms with van der Waals surface area (Å²) in [6.07, 6.45) is -5.19. The molecule has 0 bridgehead atoms. The average Bonchev–Trinajstić information content (AvgIpc) is 2.48. The largest absolute Gasteiger partial charge is 0.487 e. The van der Waals surface area contributed by atoms with Gasteiger partial charge < -0.3 is 4.74 Å². The summed E-state index contributed by atoms with van der Waals surface area (Å²) < 4.78 is 70.4. The monoisotopic (exact) mass is 316 g/mol. The summed E-state index contributed by atoms with van der Waals surface area (Å²) in [6, 6.07) is 8.09. The number of rotatable bonds is 4. The summed E-state index contributed by atoms with van der Waals surface area (Å²) in [7, 11) is 0. The number of halogens is 5. The highest BCUT2D eigenvalue weighted by Crippen LogP contribution is 2.40. The molecule has 0 radical (unpaired) electrons. The Bertz CT molecular complexity index is 681. The van der Waals surface area contributed by atoms with Gasteiger partial charge in [-0.05, 0) is 11.6 Å². The van der Waals surface area contributed by atoms with E-state index in [1.54, 1.807) is 30.3 Å². The van der Waals surface area contributed by atoms with Crippen molar-refractivity contribution in [2.45, 2.75) is 12.8 Å². The van der Waals surface area contributed by atoms with Gasteiger partial charge in [0.1, 0.15) is 17.9 Å². The van der Waals surface area contributed by atoms with Gasteiger partial charge >= 0.3 is 6.18 Å². The van der Waals surface area contributed by atoms with Gasteiger partial charge in [-0.3, -0.25) is 4.79 Å². The maximum absolute atomic E-state index is 13.5.